The van der Waals surface area contributed by atoms with E-state index in [0.717, 1.165) is 11.3 Å². The number of nitrogens with one attached hydrogen (secondary N) is 1. The van der Waals surface area contributed by atoms with Crippen molar-refractivity contribution in [1.29, 1.82) is 0 Å². The molecule has 0 saturated heterocycles. The Morgan fingerprint density at radius 2 is 1.73 bits per heavy atom. The zero-order chi connectivity index (χ0) is 21.9. The van der Waals surface area contributed by atoms with E-state index in [1.54, 1.807) is 29.7 Å². The summed E-state index contributed by atoms with van der Waals surface area (Å²) in [5.41, 5.74) is 2.16. The molecule has 0 bridgehead atoms. The second kappa shape index (κ2) is 12.7. The first kappa shape index (κ1) is 24.3. The zero-order valence-electron chi connectivity index (χ0n) is 17.9. The number of carbonyl (C=O) groups excluding carboxylic acids is 2. The van der Waals surface area contributed by atoms with E-state index in [-0.39, 0.29) is 11.8 Å². The normalized spacial score (nSPS) is 11.9. The zero-order valence-corrected chi connectivity index (χ0v) is 19.5. The van der Waals surface area contributed by atoms with Crippen molar-refractivity contribution in [2.75, 3.05) is 12.3 Å². The quantitative estimate of drug-likeness (QED) is 0.485. The van der Waals surface area contributed by atoms with Crippen molar-refractivity contribution in [3.63, 3.8) is 0 Å². The van der Waals surface area contributed by atoms with E-state index in [9.17, 15) is 9.59 Å². The van der Waals surface area contributed by atoms with Crippen LogP contribution >= 0.6 is 23.4 Å². The number of nitrogens with zero attached hydrogens (tertiary/aromatic N) is 1. The summed E-state index contributed by atoms with van der Waals surface area (Å²) in [7, 11) is 0. The molecular formula is C24H31ClN2O2S. The predicted molar refractivity (Wildman–Crippen MR) is 127 cm³/mol. The van der Waals surface area contributed by atoms with Crippen LogP contribution in [-0.4, -0.2) is 35.1 Å². The fourth-order valence-corrected chi connectivity index (χ4v) is 4.04. The molecule has 1 unspecified atom stereocenters. The smallest absolute Gasteiger partial charge is 0.242 e. The Hall–Kier alpha value is -1.98. The van der Waals surface area contributed by atoms with Crippen LogP contribution < -0.4 is 5.32 Å². The lowest BCUT2D eigenvalue weighted by molar-refractivity contribution is -0.140. The summed E-state index contributed by atoms with van der Waals surface area (Å²) in [5.74, 6) is 1.78. The summed E-state index contributed by atoms with van der Waals surface area (Å²) in [6.07, 6.45) is 0.389. The highest BCUT2D eigenvalue weighted by Crippen LogP contribution is 2.18. The minimum absolute atomic E-state index is 0.0252. The Bertz CT molecular complexity index is 814. The number of hydrogen-bond donors (Lipinski definition) is 1. The molecule has 30 heavy (non-hydrogen) atoms. The van der Waals surface area contributed by atoms with E-state index in [2.05, 4.69) is 17.4 Å². The molecule has 4 nitrogen and oxygen atoms in total. The fraction of sp³-hybridized carbons (Fsp3) is 0.417. The van der Waals surface area contributed by atoms with Gasteiger partial charge in [-0.05, 0) is 36.1 Å². The van der Waals surface area contributed by atoms with Crippen LogP contribution in [0.2, 0.25) is 5.02 Å². The number of thioether (sulfide) groups is 1. The van der Waals surface area contributed by atoms with Crippen molar-refractivity contribution in [3.8, 4) is 0 Å². The summed E-state index contributed by atoms with van der Waals surface area (Å²) in [5, 5.41) is 3.56. The molecule has 0 aliphatic heterocycles. The average molecular weight is 447 g/mol. The van der Waals surface area contributed by atoms with Gasteiger partial charge in [-0.3, -0.25) is 9.59 Å². The fourth-order valence-electron chi connectivity index (χ4n) is 2.93. The monoisotopic (exact) mass is 446 g/mol. The molecule has 162 valence electrons. The lowest BCUT2D eigenvalue weighted by atomic mass is 10.1. The standard InChI is InChI=1S/C24H31ClN2O2S/c1-18(2)15-26-24(29)19(3)27(16-21-10-7-11-22(25)14-21)23(28)12-13-30-17-20-8-5-4-6-9-20/h4-11,14,18-19H,12-13,15-17H2,1-3H3,(H,26,29). The third kappa shape index (κ3) is 8.41. The Labute approximate surface area is 189 Å². The van der Waals surface area contributed by atoms with Gasteiger partial charge < -0.3 is 10.2 Å². The van der Waals surface area contributed by atoms with E-state index in [0.29, 0.717) is 36.2 Å². The molecular weight excluding hydrogens is 416 g/mol. The van der Waals surface area contributed by atoms with Crippen LogP contribution in [0.3, 0.4) is 0 Å². The molecule has 0 fully saturated rings. The summed E-state index contributed by atoms with van der Waals surface area (Å²) < 4.78 is 0. The third-order valence-corrected chi connectivity index (χ3v) is 5.93. The second-order valence-electron chi connectivity index (χ2n) is 7.75. The van der Waals surface area contributed by atoms with Crippen molar-refractivity contribution >= 4 is 35.2 Å². The van der Waals surface area contributed by atoms with Crippen molar-refractivity contribution in [2.24, 2.45) is 5.92 Å². The Morgan fingerprint density at radius 3 is 2.40 bits per heavy atom. The van der Waals surface area contributed by atoms with Gasteiger partial charge in [0.1, 0.15) is 6.04 Å². The second-order valence-corrected chi connectivity index (χ2v) is 9.30. The van der Waals surface area contributed by atoms with Crippen molar-refractivity contribution in [1.82, 2.24) is 10.2 Å². The van der Waals surface area contributed by atoms with Crippen LogP contribution in [0.1, 0.15) is 38.3 Å². The number of carbonyl (C=O) groups is 2. The number of rotatable bonds is 11. The number of amides is 2. The topological polar surface area (TPSA) is 49.4 Å². The number of benzene rings is 2. The molecule has 0 aromatic heterocycles. The van der Waals surface area contributed by atoms with Gasteiger partial charge in [-0.15, -0.1) is 0 Å². The molecule has 2 aromatic rings. The third-order valence-electron chi connectivity index (χ3n) is 4.67. The lowest BCUT2D eigenvalue weighted by Gasteiger charge is -2.29. The Morgan fingerprint density at radius 1 is 1.03 bits per heavy atom. The molecule has 1 N–H and O–H groups in total. The molecule has 2 rings (SSSR count). The van der Waals surface area contributed by atoms with Gasteiger partial charge in [0.25, 0.3) is 0 Å². The first-order chi connectivity index (χ1) is 14.4. The molecule has 0 aliphatic rings. The SMILES string of the molecule is CC(C)CNC(=O)C(C)N(Cc1cccc(Cl)c1)C(=O)CCSCc1ccccc1. The van der Waals surface area contributed by atoms with Crippen LogP contribution in [0.4, 0.5) is 0 Å². The van der Waals surface area contributed by atoms with E-state index in [1.165, 1.54) is 5.56 Å². The van der Waals surface area contributed by atoms with Crippen LogP contribution in [0.25, 0.3) is 0 Å². The van der Waals surface area contributed by atoms with E-state index >= 15 is 0 Å². The maximum absolute atomic E-state index is 13.0. The molecule has 0 radical (unpaired) electrons. The summed E-state index contributed by atoms with van der Waals surface area (Å²) in [6.45, 7) is 6.83. The summed E-state index contributed by atoms with van der Waals surface area (Å²) >= 11 is 7.84. The Balaban J connectivity index is 1.99. The van der Waals surface area contributed by atoms with Crippen LogP contribution in [-0.2, 0) is 21.9 Å². The molecule has 2 aromatic carbocycles. The highest BCUT2D eigenvalue weighted by molar-refractivity contribution is 7.98. The van der Waals surface area contributed by atoms with E-state index in [4.69, 9.17) is 11.6 Å². The van der Waals surface area contributed by atoms with Gasteiger partial charge >= 0.3 is 0 Å². The molecule has 0 heterocycles. The lowest BCUT2D eigenvalue weighted by Crippen LogP contribution is -2.48. The minimum atomic E-state index is -0.547. The van der Waals surface area contributed by atoms with Gasteiger partial charge in [0.2, 0.25) is 11.8 Å². The molecule has 0 spiro atoms. The van der Waals surface area contributed by atoms with Gasteiger partial charge in [-0.2, -0.15) is 11.8 Å². The number of hydrogen-bond acceptors (Lipinski definition) is 3. The Kier molecular flexibility index (Phi) is 10.2. The van der Waals surface area contributed by atoms with Gasteiger partial charge in [0, 0.05) is 36.0 Å². The maximum atomic E-state index is 13.0. The van der Waals surface area contributed by atoms with Crippen molar-refractivity contribution in [2.45, 2.75) is 45.5 Å². The molecule has 0 aliphatic carbocycles. The first-order valence-corrected chi connectivity index (χ1v) is 11.8. The van der Waals surface area contributed by atoms with Crippen molar-refractivity contribution in [3.05, 3.63) is 70.7 Å². The van der Waals surface area contributed by atoms with Gasteiger partial charge in [-0.1, -0.05) is 67.9 Å². The van der Waals surface area contributed by atoms with Crippen LogP contribution in [0.15, 0.2) is 54.6 Å². The largest absolute Gasteiger partial charge is 0.354 e. The summed E-state index contributed by atoms with van der Waals surface area (Å²) in [6, 6.07) is 17.1. The van der Waals surface area contributed by atoms with Gasteiger partial charge in [0.15, 0.2) is 0 Å². The predicted octanol–water partition coefficient (Wildman–Crippen LogP) is 5.15. The molecule has 2 amide bonds. The van der Waals surface area contributed by atoms with Gasteiger partial charge in [-0.25, -0.2) is 0 Å². The summed E-state index contributed by atoms with van der Waals surface area (Å²) in [4.78, 5) is 27.3. The minimum Gasteiger partial charge on any atom is -0.354 e. The maximum Gasteiger partial charge on any atom is 0.242 e. The van der Waals surface area contributed by atoms with Crippen molar-refractivity contribution < 1.29 is 9.59 Å². The molecule has 6 heteroatoms. The number of halogens is 1. The first-order valence-electron chi connectivity index (χ1n) is 10.3. The highest BCUT2D eigenvalue weighted by Gasteiger charge is 2.25. The van der Waals surface area contributed by atoms with Crippen LogP contribution in [0, 0.1) is 5.92 Å². The average Bonchev–Trinajstić information content (AvgIpc) is 2.73. The molecule has 1 atom stereocenters. The van der Waals surface area contributed by atoms with E-state index < -0.39 is 6.04 Å². The van der Waals surface area contributed by atoms with E-state index in [1.807, 2.05) is 50.2 Å². The highest BCUT2D eigenvalue weighted by atomic mass is 35.5. The molecule has 0 saturated carbocycles. The van der Waals surface area contributed by atoms with Crippen LogP contribution in [0.5, 0.6) is 0 Å². The van der Waals surface area contributed by atoms with Gasteiger partial charge in [0.05, 0.1) is 0 Å².